The molecule has 27 heavy (non-hydrogen) atoms. The summed E-state index contributed by atoms with van der Waals surface area (Å²) in [6.07, 6.45) is 2.51. The van der Waals surface area contributed by atoms with Crippen molar-refractivity contribution in [1.29, 1.82) is 0 Å². The molecule has 1 aromatic rings. The molecule has 1 saturated heterocycles. The fourth-order valence-electron chi connectivity index (χ4n) is 3.24. The third-order valence-corrected chi connectivity index (χ3v) is 4.90. The molecule has 1 heterocycles. The van der Waals surface area contributed by atoms with Gasteiger partial charge < -0.3 is 30.0 Å². The largest absolute Gasteiger partial charge is 0.493 e. The lowest BCUT2D eigenvalue weighted by Crippen LogP contribution is -2.39. The van der Waals surface area contributed by atoms with Crippen molar-refractivity contribution in [2.75, 3.05) is 53.7 Å². The van der Waals surface area contributed by atoms with Crippen molar-refractivity contribution in [3.63, 3.8) is 0 Å². The standard InChI is InChI=1S/C20H33N3O4/c1-4-21-19(23-14-20(8-11-24)9-12-27-15-20)22-10-7-16-5-6-17(25-2)18(13-16)26-3/h5-6,13,24H,4,7-12,14-15H2,1-3H3,(H2,21,22,23). The van der Waals surface area contributed by atoms with Gasteiger partial charge in [-0.3, -0.25) is 4.99 Å². The van der Waals surface area contributed by atoms with Gasteiger partial charge >= 0.3 is 0 Å². The molecular weight excluding hydrogens is 346 g/mol. The highest BCUT2D eigenvalue weighted by atomic mass is 16.5. The van der Waals surface area contributed by atoms with Crippen molar-refractivity contribution in [1.82, 2.24) is 10.6 Å². The number of benzene rings is 1. The van der Waals surface area contributed by atoms with Crippen LogP contribution in [0.5, 0.6) is 11.5 Å². The van der Waals surface area contributed by atoms with Gasteiger partial charge in [0.2, 0.25) is 0 Å². The van der Waals surface area contributed by atoms with Crippen LogP contribution in [0.3, 0.4) is 0 Å². The minimum absolute atomic E-state index is 0.0412. The maximum atomic E-state index is 9.35. The SMILES string of the molecule is CCNC(=NCC1(CCO)CCOC1)NCCc1ccc(OC)c(OC)c1. The maximum absolute atomic E-state index is 9.35. The number of hydrogen-bond acceptors (Lipinski definition) is 5. The van der Waals surface area contributed by atoms with Crippen LogP contribution in [0.25, 0.3) is 0 Å². The number of aliphatic hydroxyl groups excluding tert-OH is 1. The lowest BCUT2D eigenvalue weighted by atomic mass is 9.84. The quantitative estimate of drug-likeness (QED) is 0.423. The number of ether oxygens (including phenoxy) is 3. The van der Waals surface area contributed by atoms with Gasteiger partial charge in [0.25, 0.3) is 0 Å². The Kier molecular flexibility index (Phi) is 8.67. The minimum Gasteiger partial charge on any atom is -0.493 e. The van der Waals surface area contributed by atoms with E-state index in [9.17, 15) is 5.11 Å². The highest BCUT2D eigenvalue weighted by molar-refractivity contribution is 5.79. The molecule has 1 aliphatic rings. The van der Waals surface area contributed by atoms with Crippen molar-refractivity contribution in [2.45, 2.75) is 26.2 Å². The first-order valence-electron chi connectivity index (χ1n) is 9.58. The van der Waals surface area contributed by atoms with E-state index in [1.807, 2.05) is 25.1 Å². The molecule has 0 radical (unpaired) electrons. The fraction of sp³-hybridized carbons (Fsp3) is 0.650. The number of rotatable bonds is 10. The average molecular weight is 380 g/mol. The Bertz CT molecular complexity index is 601. The van der Waals surface area contributed by atoms with Gasteiger partial charge in [0.15, 0.2) is 17.5 Å². The molecule has 0 bridgehead atoms. The first-order valence-corrected chi connectivity index (χ1v) is 9.58. The molecule has 0 aliphatic carbocycles. The van der Waals surface area contributed by atoms with E-state index in [-0.39, 0.29) is 12.0 Å². The molecule has 0 aromatic heterocycles. The second kappa shape index (κ2) is 11.0. The van der Waals surface area contributed by atoms with Gasteiger partial charge in [-0.25, -0.2) is 0 Å². The summed E-state index contributed by atoms with van der Waals surface area (Å²) in [4.78, 5) is 4.74. The van der Waals surface area contributed by atoms with E-state index in [2.05, 4.69) is 10.6 Å². The summed E-state index contributed by atoms with van der Waals surface area (Å²) < 4.78 is 16.2. The summed E-state index contributed by atoms with van der Waals surface area (Å²) in [6.45, 7) is 5.84. The fourth-order valence-corrected chi connectivity index (χ4v) is 3.24. The number of methoxy groups -OCH3 is 2. The molecule has 1 aliphatic heterocycles. The molecule has 152 valence electrons. The number of aliphatic imine (C=N–C) groups is 1. The first kappa shape index (κ1) is 21.3. The zero-order valence-corrected chi connectivity index (χ0v) is 16.7. The summed E-state index contributed by atoms with van der Waals surface area (Å²) in [5.74, 6) is 2.27. The van der Waals surface area contributed by atoms with E-state index >= 15 is 0 Å². The summed E-state index contributed by atoms with van der Waals surface area (Å²) in [7, 11) is 3.28. The van der Waals surface area contributed by atoms with Gasteiger partial charge in [-0.05, 0) is 43.9 Å². The predicted octanol–water partition coefficient (Wildman–Crippen LogP) is 1.59. The van der Waals surface area contributed by atoms with Crippen LogP contribution in [0.4, 0.5) is 0 Å². The Labute approximate surface area is 162 Å². The first-order chi connectivity index (χ1) is 13.2. The van der Waals surface area contributed by atoms with Gasteiger partial charge in [0, 0.05) is 31.7 Å². The highest BCUT2D eigenvalue weighted by Crippen LogP contribution is 2.32. The van der Waals surface area contributed by atoms with E-state index < -0.39 is 0 Å². The molecule has 3 N–H and O–H groups in total. The monoisotopic (exact) mass is 379 g/mol. The Balaban J connectivity index is 1.92. The van der Waals surface area contributed by atoms with Crippen molar-refractivity contribution in [2.24, 2.45) is 10.4 Å². The molecule has 7 heteroatoms. The zero-order chi connectivity index (χ0) is 19.5. The zero-order valence-electron chi connectivity index (χ0n) is 16.7. The molecule has 0 spiro atoms. The molecule has 1 aromatic carbocycles. The third-order valence-electron chi connectivity index (χ3n) is 4.90. The molecular formula is C20H33N3O4. The van der Waals surface area contributed by atoms with Gasteiger partial charge in [0.1, 0.15) is 0 Å². The van der Waals surface area contributed by atoms with Gasteiger partial charge in [-0.15, -0.1) is 0 Å². The van der Waals surface area contributed by atoms with Crippen LogP contribution in [0.2, 0.25) is 0 Å². The van der Waals surface area contributed by atoms with E-state index in [1.165, 1.54) is 0 Å². The Morgan fingerprint density at radius 2 is 2.07 bits per heavy atom. The Morgan fingerprint density at radius 1 is 1.26 bits per heavy atom. The second-order valence-electron chi connectivity index (χ2n) is 6.84. The highest BCUT2D eigenvalue weighted by Gasteiger charge is 2.34. The number of aliphatic hydroxyl groups is 1. The van der Waals surface area contributed by atoms with Crippen molar-refractivity contribution in [3.05, 3.63) is 23.8 Å². The normalized spacial score (nSPS) is 19.8. The Hall–Kier alpha value is -1.99. The molecule has 7 nitrogen and oxygen atoms in total. The number of nitrogens with zero attached hydrogens (tertiary/aromatic N) is 1. The lowest BCUT2D eigenvalue weighted by Gasteiger charge is -2.24. The number of nitrogens with one attached hydrogen (secondary N) is 2. The molecule has 1 unspecified atom stereocenters. The van der Waals surface area contributed by atoms with Gasteiger partial charge in [0.05, 0.1) is 27.4 Å². The lowest BCUT2D eigenvalue weighted by molar-refractivity contribution is 0.131. The van der Waals surface area contributed by atoms with E-state index in [0.29, 0.717) is 13.2 Å². The van der Waals surface area contributed by atoms with Crippen LogP contribution in [0.15, 0.2) is 23.2 Å². The van der Waals surface area contributed by atoms with Gasteiger partial charge in [-0.1, -0.05) is 6.07 Å². The predicted molar refractivity (Wildman–Crippen MR) is 107 cm³/mol. The van der Waals surface area contributed by atoms with Crippen LogP contribution < -0.4 is 20.1 Å². The smallest absolute Gasteiger partial charge is 0.191 e. The summed E-state index contributed by atoms with van der Waals surface area (Å²) in [5, 5.41) is 16.0. The van der Waals surface area contributed by atoms with E-state index in [0.717, 1.165) is 62.0 Å². The molecule has 1 atom stereocenters. The average Bonchev–Trinajstić information content (AvgIpc) is 3.15. The summed E-state index contributed by atoms with van der Waals surface area (Å²) in [6, 6.07) is 5.96. The van der Waals surface area contributed by atoms with Crippen molar-refractivity contribution >= 4 is 5.96 Å². The molecule has 2 rings (SSSR count). The van der Waals surface area contributed by atoms with E-state index in [4.69, 9.17) is 19.2 Å². The van der Waals surface area contributed by atoms with Crippen LogP contribution in [-0.4, -0.2) is 64.7 Å². The summed E-state index contributed by atoms with van der Waals surface area (Å²) in [5.41, 5.74) is 1.12. The second-order valence-corrected chi connectivity index (χ2v) is 6.84. The topological polar surface area (TPSA) is 84.3 Å². The summed E-state index contributed by atoms with van der Waals surface area (Å²) >= 11 is 0. The van der Waals surface area contributed by atoms with Crippen LogP contribution in [0, 0.1) is 5.41 Å². The van der Waals surface area contributed by atoms with Crippen molar-refractivity contribution < 1.29 is 19.3 Å². The van der Waals surface area contributed by atoms with Gasteiger partial charge in [-0.2, -0.15) is 0 Å². The molecule has 1 fully saturated rings. The number of hydrogen-bond donors (Lipinski definition) is 3. The van der Waals surface area contributed by atoms with Crippen LogP contribution in [-0.2, 0) is 11.2 Å². The maximum Gasteiger partial charge on any atom is 0.191 e. The molecule has 0 amide bonds. The molecule has 0 saturated carbocycles. The Morgan fingerprint density at radius 3 is 2.70 bits per heavy atom. The van der Waals surface area contributed by atoms with Crippen LogP contribution in [0.1, 0.15) is 25.3 Å². The van der Waals surface area contributed by atoms with E-state index in [1.54, 1.807) is 14.2 Å². The minimum atomic E-state index is -0.0412. The van der Waals surface area contributed by atoms with Crippen LogP contribution >= 0.6 is 0 Å². The third kappa shape index (κ3) is 6.29. The number of guanidine groups is 1. The van der Waals surface area contributed by atoms with Crippen molar-refractivity contribution in [3.8, 4) is 11.5 Å².